The maximum absolute atomic E-state index is 12.0. The zero-order valence-corrected chi connectivity index (χ0v) is 12.8. The number of hydrogen-bond acceptors (Lipinski definition) is 5. The van der Waals surface area contributed by atoms with Crippen molar-refractivity contribution in [3.05, 3.63) is 51.4 Å². The second-order valence-electron chi connectivity index (χ2n) is 5.42. The Morgan fingerprint density at radius 1 is 1.36 bits per heavy atom. The lowest BCUT2D eigenvalue weighted by molar-refractivity contribution is -0.304. The van der Waals surface area contributed by atoms with E-state index in [2.05, 4.69) is 6.58 Å². The van der Waals surface area contributed by atoms with Gasteiger partial charge < -0.3 is 19.1 Å². The Kier molecular flexibility index (Phi) is 4.35. The third kappa shape index (κ3) is 3.19. The summed E-state index contributed by atoms with van der Waals surface area (Å²) < 4.78 is 11.0. The SMILES string of the molecule is C=C(C)COc1cc(C)cc2oc(=O)c(CC(=O)[O-])c(C)c12. The Balaban J connectivity index is 2.71. The van der Waals surface area contributed by atoms with E-state index in [4.69, 9.17) is 9.15 Å². The first-order valence-corrected chi connectivity index (χ1v) is 6.83. The highest BCUT2D eigenvalue weighted by Gasteiger charge is 2.16. The van der Waals surface area contributed by atoms with Crippen LogP contribution in [0.1, 0.15) is 23.6 Å². The van der Waals surface area contributed by atoms with E-state index >= 15 is 0 Å². The monoisotopic (exact) mass is 301 g/mol. The molecule has 0 N–H and O–H groups in total. The van der Waals surface area contributed by atoms with Crippen LogP contribution in [0.25, 0.3) is 11.0 Å². The largest absolute Gasteiger partial charge is 0.550 e. The molecule has 0 atom stereocenters. The Labute approximate surface area is 127 Å². The lowest BCUT2D eigenvalue weighted by Crippen LogP contribution is -2.27. The summed E-state index contributed by atoms with van der Waals surface area (Å²) in [6.07, 6.45) is -0.488. The van der Waals surface area contributed by atoms with Gasteiger partial charge in [-0.05, 0) is 49.6 Å². The molecule has 0 radical (unpaired) electrons. The summed E-state index contributed by atoms with van der Waals surface area (Å²) in [4.78, 5) is 22.8. The van der Waals surface area contributed by atoms with E-state index in [-0.39, 0.29) is 5.56 Å². The summed E-state index contributed by atoms with van der Waals surface area (Å²) in [6, 6.07) is 3.54. The van der Waals surface area contributed by atoms with Crippen LogP contribution in [0.15, 0.2) is 33.5 Å². The fourth-order valence-electron chi connectivity index (χ4n) is 2.30. The van der Waals surface area contributed by atoms with E-state index in [1.54, 1.807) is 13.0 Å². The van der Waals surface area contributed by atoms with Crippen molar-refractivity contribution in [2.24, 2.45) is 0 Å². The minimum Gasteiger partial charge on any atom is -0.550 e. The van der Waals surface area contributed by atoms with Gasteiger partial charge in [0.25, 0.3) is 0 Å². The molecule has 1 heterocycles. The standard InChI is InChI=1S/C17H18O5/c1-9(2)8-21-13-5-10(3)6-14-16(13)11(4)12(7-15(18)19)17(20)22-14/h5-6H,1,7-8H2,2-4H3,(H,18,19)/p-1. The molecule has 0 fully saturated rings. The van der Waals surface area contributed by atoms with Gasteiger partial charge in [0.2, 0.25) is 0 Å². The number of carbonyl (C=O) groups excluding carboxylic acids is 1. The van der Waals surface area contributed by atoms with Crippen LogP contribution in [0.3, 0.4) is 0 Å². The summed E-state index contributed by atoms with van der Waals surface area (Å²) in [5.74, 6) is -0.787. The third-order valence-electron chi connectivity index (χ3n) is 3.28. The minimum atomic E-state index is -1.33. The number of carbonyl (C=O) groups is 1. The smallest absolute Gasteiger partial charge is 0.340 e. The number of rotatable bonds is 5. The van der Waals surface area contributed by atoms with Crippen LogP contribution in [0.2, 0.25) is 0 Å². The first-order valence-electron chi connectivity index (χ1n) is 6.83. The van der Waals surface area contributed by atoms with Crippen LogP contribution in [0.4, 0.5) is 0 Å². The molecule has 2 aromatic rings. The molecule has 0 aliphatic rings. The fourth-order valence-corrected chi connectivity index (χ4v) is 2.30. The fraction of sp³-hybridized carbons (Fsp3) is 0.294. The average molecular weight is 301 g/mol. The van der Waals surface area contributed by atoms with Crippen LogP contribution < -0.4 is 15.5 Å². The van der Waals surface area contributed by atoms with Crippen molar-refractivity contribution in [1.82, 2.24) is 0 Å². The second-order valence-corrected chi connectivity index (χ2v) is 5.42. The number of aryl methyl sites for hydroxylation is 2. The van der Waals surface area contributed by atoms with Gasteiger partial charge in [-0.1, -0.05) is 6.58 Å². The summed E-state index contributed by atoms with van der Waals surface area (Å²) >= 11 is 0. The summed E-state index contributed by atoms with van der Waals surface area (Å²) in [7, 11) is 0. The number of ether oxygens (including phenoxy) is 1. The van der Waals surface area contributed by atoms with Crippen LogP contribution in [-0.4, -0.2) is 12.6 Å². The molecule has 1 aromatic heterocycles. The summed E-state index contributed by atoms with van der Waals surface area (Å²) in [6.45, 7) is 9.49. The molecule has 5 nitrogen and oxygen atoms in total. The van der Waals surface area contributed by atoms with Crippen LogP contribution in [0.5, 0.6) is 5.75 Å². The number of fused-ring (bicyclic) bond motifs is 1. The molecule has 0 aliphatic carbocycles. The summed E-state index contributed by atoms with van der Waals surface area (Å²) in [5, 5.41) is 11.4. The van der Waals surface area contributed by atoms with E-state index in [0.29, 0.717) is 28.9 Å². The Morgan fingerprint density at radius 3 is 2.64 bits per heavy atom. The highest BCUT2D eigenvalue weighted by atomic mass is 16.5. The van der Waals surface area contributed by atoms with Gasteiger partial charge in [-0.2, -0.15) is 0 Å². The van der Waals surface area contributed by atoms with Crippen molar-refractivity contribution in [3.8, 4) is 5.75 Å². The molecule has 0 unspecified atom stereocenters. The minimum absolute atomic E-state index is 0.0801. The van der Waals surface area contributed by atoms with Crippen LogP contribution >= 0.6 is 0 Å². The molecule has 116 valence electrons. The normalized spacial score (nSPS) is 10.7. The highest BCUT2D eigenvalue weighted by molar-refractivity contribution is 5.89. The summed E-state index contributed by atoms with van der Waals surface area (Å²) in [5.41, 5.74) is 2.05. The van der Waals surface area contributed by atoms with Gasteiger partial charge >= 0.3 is 5.63 Å². The zero-order valence-electron chi connectivity index (χ0n) is 12.8. The number of carboxylic acid groups (broad SMARTS) is 1. The molecule has 5 heteroatoms. The zero-order chi connectivity index (χ0) is 16.4. The van der Waals surface area contributed by atoms with E-state index in [1.165, 1.54) is 0 Å². The molecule has 0 amide bonds. The molecular weight excluding hydrogens is 284 g/mol. The van der Waals surface area contributed by atoms with Crippen molar-refractivity contribution in [2.45, 2.75) is 27.2 Å². The van der Waals surface area contributed by atoms with Crippen molar-refractivity contribution < 1.29 is 19.1 Å². The maximum atomic E-state index is 12.0. The lowest BCUT2D eigenvalue weighted by Gasteiger charge is -2.14. The maximum Gasteiger partial charge on any atom is 0.340 e. The molecule has 2 rings (SSSR count). The molecule has 0 saturated heterocycles. The van der Waals surface area contributed by atoms with Crippen molar-refractivity contribution >= 4 is 16.9 Å². The Morgan fingerprint density at radius 2 is 2.05 bits per heavy atom. The van der Waals surface area contributed by atoms with Crippen LogP contribution in [-0.2, 0) is 11.2 Å². The topological polar surface area (TPSA) is 79.6 Å². The average Bonchev–Trinajstić information content (AvgIpc) is 2.39. The van der Waals surface area contributed by atoms with Gasteiger partial charge in [-0.15, -0.1) is 0 Å². The number of benzene rings is 1. The predicted octanol–water partition coefficient (Wildman–Crippen LogP) is 1.66. The van der Waals surface area contributed by atoms with Gasteiger partial charge in [0.05, 0.1) is 5.39 Å². The van der Waals surface area contributed by atoms with Gasteiger partial charge in [0.15, 0.2) is 0 Å². The molecule has 1 aromatic carbocycles. The van der Waals surface area contributed by atoms with E-state index < -0.39 is 18.0 Å². The van der Waals surface area contributed by atoms with E-state index in [9.17, 15) is 14.7 Å². The first-order chi connectivity index (χ1) is 10.3. The van der Waals surface area contributed by atoms with Crippen molar-refractivity contribution in [3.63, 3.8) is 0 Å². The molecule has 0 saturated carbocycles. The van der Waals surface area contributed by atoms with E-state index in [1.807, 2.05) is 19.9 Å². The molecule has 0 bridgehead atoms. The van der Waals surface area contributed by atoms with Gasteiger partial charge in [-0.3, -0.25) is 0 Å². The third-order valence-corrected chi connectivity index (χ3v) is 3.28. The predicted molar refractivity (Wildman–Crippen MR) is 81.0 cm³/mol. The van der Waals surface area contributed by atoms with Gasteiger partial charge in [0.1, 0.15) is 17.9 Å². The molecule has 0 spiro atoms. The molecule has 22 heavy (non-hydrogen) atoms. The van der Waals surface area contributed by atoms with E-state index in [0.717, 1.165) is 11.1 Å². The number of aliphatic carboxylic acids is 1. The first kappa shape index (κ1) is 15.8. The van der Waals surface area contributed by atoms with Crippen molar-refractivity contribution in [1.29, 1.82) is 0 Å². The number of hydrogen-bond donors (Lipinski definition) is 0. The highest BCUT2D eigenvalue weighted by Crippen LogP contribution is 2.31. The Hall–Kier alpha value is -2.56. The number of carboxylic acids is 1. The molecular formula is C17H17O5-. The lowest BCUT2D eigenvalue weighted by atomic mass is 10.0. The molecule has 0 aliphatic heterocycles. The second kappa shape index (κ2) is 6.05. The van der Waals surface area contributed by atoms with Crippen molar-refractivity contribution in [2.75, 3.05) is 6.61 Å². The quantitative estimate of drug-likeness (QED) is 0.620. The Bertz CT molecular complexity index is 814. The van der Waals surface area contributed by atoms with Crippen LogP contribution in [0, 0.1) is 13.8 Å². The van der Waals surface area contributed by atoms with Gasteiger partial charge in [-0.25, -0.2) is 4.79 Å². The van der Waals surface area contributed by atoms with Gasteiger partial charge in [0, 0.05) is 18.0 Å².